The lowest BCUT2D eigenvalue weighted by atomic mass is 10.00. The molecule has 32 heavy (non-hydrogen) atoms. The van der Waals surface area contributed by atoms with Crippen molar-refractivity contribution in [3.05, 3.63) is 46.2 Å². The topological polar surface area (TPSA) is 68.3 Å². The van der Waals surface area contributed by atoms with E-state index in [1.54, 1.807) is 23.3 Å². The van der Waals surface area contributed by atoms with Gasteiger partial charge in [-0.05, 0) is 48.9 Å². The molecular formula is C24H32N2O5S. The highest BCUT2D eigenvalue weighted by Crippen LogP contribution is 2.34. The van der Waals surface area contributed by atoms with Crippen LogP contribution in [0.4, 0.5) is 0 Å². The van der Waals surface area contributed by atoms with Gasteiger partial charge in [0.1, 0.15) is 31.3 Å². The first-order valence-electron chi connectivity index (χ1n) is 10.9. The molecule has 0 radical (unpaired) electrons. The maximum absolute atomic E-state index is 13.4. The van der Waals surface area contributed by atoms with E-state index in [0.717, 1.165) is 24.2 Å². The maximum atomic E-state index is 13.4. The molecule has 2 atom stereocenters. The Morgan fingerprint density at radius 3 is 2.75 bits per heavy atom. The predicted molar refractivity (Wildman–Crippen MR) is 124 cm³/mol. The minimum absolute atomic E-state index is 0.0331. The summed E-state index contributed by atoms with van der Waals surface area (Å²) >= 11 is 1.71. The van der Waals surface area contributed by atoms with E-state index in [4.69, 9.17) is 14.2 Å². The summed E-state index contributed by atoms with van der Waals surface area (Å²) in [4.78, 5) is 30.7. The number of carbonyl (C=O) groups excluding carboxylic acids is 2. The Kier molecular flexibility index (Phi) is 8.53. The maximum Gasteiger partial charge on any atom is 0.249 e. The van der Waals surface area contributed by atoms with Gasteiger partial charge in [-0.15, -0.1) is 11.3 Å². The lowest BCUT2D eigenvalue weighted by molar-refractivity contribution is -0.146. The van der Waals surface area contributed by atoms with Crippen LogP contribution in [0.2, 0.25) is 0 Å². The Morgan fingerprint density at radius 1 is 1.25 bits per heavy atom. The van der Waals surface area contributed by atoms with Crippen LogP contribution < -0.4 is 9.47 Å². The van der Waals surface area contributed by atoms with Crippen LogP contribution in [-0.2, 0) is 20.7 Å². The Morgan fingerprint density at radius 2 is 2.03 bits per heavy atom. The van der Waals surface area contributed by atoms with Gasteiger partial charge in [0.05, 0.1) is 13.2 Å². The number of rotatable bonds is 10. The van der Waals surface area contributed by atoms with Crippen molar-refractivity contribution in [1.82, 2.24) is 9.80 Å². The van der Waals surface area contributed by atoms with Gasteiger partial charge in [-0.2, -0.15) is 0 Å². The SMILES string of the molecule is CC[C@H](C)N(CC(=O)N1CCc2sccc2[C@H]1COc1cccc(OC)c1)C(=O)COC. The van der Waals surface area contributed by atoms with Crippen molar-refractivity contribution >= 4 is 23.2 Å². The zero-order valence-electron chi connectivity index (χ0n) is 19.2. The average Bonchev–Trinajstić information content (AvgIpc) is 3.29. The summed E-state index contributed by atoms with van der Waals surface area (Å²) in [5.74, 6) is 1.16. The molecule has 8 heteroatoms. The highest BCUT2D eigenvalue weighted by atomic mass is 32.1. The number of methoxy groups -OCH3 is 2. The monoisotopic (exact) mass is 460 g/mol. The second-order valence-electron chi connectivity index (χ2n) is 7.85. The van der Waals surface area contributed by atoms with Crippen LogP contribution in [-0.4, -0.2) is 68.2 Å². The van der Waals surface area contributed by atoms with E-state index >= 15 is 0 Å². The third kappa shape index (κ3) is 5.61. The van der Waals surface area contributed by atoms with Gasteiger partial charge in [0, 0.05) is 30.6 Å². The minimum Gasteiger partial charge on any atom is -0.497 e. The zero-order valence-corrected chi connectivity index (χ0v) is 20.0. The van der Waals surface area contributed by atoms with Crippen LogP contribution in [0.25, 0.3) is 0 Å². The molecule has 0 fully saturated rings. The number of hydrogen-bond acceptors (Lipinski definition) is 6. The highest BCUT2D eigenvalue weighted by molar-refractivity contribution is 7.10. The second kappa shape index (κ2) is 11.3. The highest BCUT2D eigenvalue weighted by Gasteiger charge is 2.34. The molecule has 1 aromatic heterocycles. The molecule has 174 valence electrons. The van der Waals surface area contributed by atoms with Gasteiger partial charge in [-0.3, -0.25) is 9.59 Å². The number of hydrogen-bond donors (Lipinski definition) is 0. The van der Waals surface area contributed by atoms with Crippen LogP contribution >= 0.6 is 11.3 Å². The standard InChI is InChI=1S/C24H32N2O5S/c1-5-17(2)26(24(28)16-29-3)14-23(27)25-11-9-22-20(10-12-32-22)21(25)15-31-19-8-6-7-18(13-19)30-4/h6-8,10,12-13,17,21H,5,9,11,14-16H2,1-4H3/t17-,21+/m0/s1. The molecule has 0 saturated carbocycles. The molecule has 0 bridgehead atoms. The normalized spacial score (nSPS) is 16.2. The molecule has 1 aliphatic heterocycles. The first-order chi connectivity index (χ1) is 15.5. The van der Waals surface area contributed by atoms with Crippen molar-refractivity contribution in [2.45, 2.75) is 38.8 Å². The quantitative estimate of drug-likeness (QED) is 0.543. The number of fused-ring (bicyclic) bond motifs is 1. The molecule has 3 rings (SSSR count). The predicted octanol–water partition coefficient (Wildman–Crippen LogP) is 3.54. The molecule has 0 unspecified atom stereocenters. The van der Waals surface area contributed by atoms with Gasteiger partial charge in [-0.25, -0.2) is 0 Å². The van der Waals surface area contributed by atoms with Gasteiger partial charge >= 0.3 is 0 Å². The zero-order chi connectivity index (χ0) is 23.1. The van der Waals surface area contributed by atoms with Gasteiger partial charge < -0.3 is 24.0 Å². The van der Waals surface area contributed by atoms with Crippen LogP contribution in [0.5, 0.6) is 11.5 Å². The smallest absolute Gasteiger partial charge is 0.249 e. The van der Waals surface area contributed by atoms with Crippen LogP contribution in [0.15, 0.2) is 35.7 Å². The molecule has 2 amide bonds. The van der Waals surface area contributed by atoms with E-state index in [1.807, 2.05) is 43.0 Å². The third-order valence-electron chi connectivity index (χ3n) is 5.88. The molecule has 2 heterocycles. The summed E-state index contributed by atoms with van der Waals surface area (Å²) in [6.07, 6.45) is 1.57. The number of nitrogens with zero attached hydrogens (tertiary/aromatic N) is 2. The van der Waals surface area contributed by atoms with Crippen molar-refractivity contribution in [1.29, 1.82) is 0 Å². The molecule has 7 nitrogen and oxygen atoms in total. The molecule has 0 aliphatic carbocycles. The van der Waals surface area contributed by atoms with Crippen LogP contribution in [0, 0.1) is 0 Å². The Labute approximate surface area is 193 Å². The van der Waals surface area contributed by atoms with Crippen molar-refractivity contribution in [3.63, 3.8) is 0 Å². The summed E-state index contributed by atoms with van der Waals surface area (Å²) in [5.41, 5.74) is 1.12. The van der Waals surface area contributed by atoms with E-state index in [-0.39, 0.29) is 37.0 Å². The van der Waals surface area contributed by atoms with Crippen molar-refractivity contribution in [2.24, 2.45) is 0 Å². The van der Waals surface area contributed by atoms with Crippen LogP contribution in [0.1, 0.15) is 36.8 Å². The minimum atomic E-state index is -0.208. The van der Waals surface area contributed by atoms with Gasteiger partial charge in [0.15, 0.2) is 0 Å². The Balaban J connectivity index is 1.78. The van der Waals surface area contributed by atoms with Gasteiger partial charge in [0.25, 0.3) is 0 Å². The molecule has 0 spiro atoms. The van der Waals surface area contributed by atoms with Crippen molar-refractivity contribution < 1.29 is 23.8 Å². The molecular weight excluding hydrogens is 428 g/mol. The lowest BCUT2D eigenvalue weighted by Crippen LogP contribution is -2.50. The van der Waals surface area contributed by atoms with Crippen molar-refractivity contribution in [2.75, 3.05) is 40.5 Å². The fourth-order valence-corrected chi connectivity index (χ4v) is 4.82. The summed E-state index contributed by atoms with van der Waals surface area (Å²) in [6, 6.07) is 9.26. The third-order valence-corrected chi connectivity index (χ3v) is 6.88. The second-order valence-corrected chi connectivity index (χ2v) is 8.85. The average molecular weight is 461 g/mol. The summed E-state index contributed by atoms with van der Waals surface area (Å²) < 4.78 is 16.4. The van der Waals surface area contributed by atoms with Crippen molar-refractivity contribution in [3.8, 4) is 11.5 Å². The number of carbonyl (C=O) groups is 2. The van der Waals surface area contributed by atoms with E-state index < -0.39 is 0 Å². The van der Waals surface area contributed by atoms with E-state index in [2.05, 4.69) is 11.4 Å². The van der Waals surface area contributed by atoms with Crippen LogP contribution in [0.3, 0.4) is 0 Å². The number of thiophene rings is 1. The first kappa shape index (κ1) is 24.1. The van der Waals surface area contributed by atoms with E-state index in [0.29, 0.717) is 18.9 Å². The Bertz CT molecular complexity index is 915. The fraction of sp³-hybridized carbons (Fsp3) is 0.500. The lowest BCUT2D eigenvalue weighted by Gasteiger charge is -2.38. The van der Waals surface area contributed by atoms with Gasteiger partial charge in [-0.1, -0.05) is 13.0 Å². The van der Waals surface area contributed by atoms with Gasteiger partial charge in [0.2, 0.25) is 11.8 Å². The first-order valence-corrected chi connectivity index (χ1v) is 11.8. The number of ether oxygens (including phenoxy) is 3. The summed E-state index contributed by atoms with van der Waals surface area (Å²) in [7, 11) is 3.11. The van der Waals surface area contributed by atoms with E-state index in [9.17, 15) is 9.59 Å². The summed E-state index contributed by atoms with van der Waals surface area (Å²) in [5, 5.41) is 2.06. The Hall–Kier alpha value is -2.58. The molecule has 0 N–H and O–H groups in total. The molecule has 1 aliphatic rings. The molecule has 0 saturated heterocycles. The fourth-order valence-electron chi connectivity index (χ4n) is 3.89. The number of benzene rings is 1. The number of amides is 2. The molecule has 1 aromatic carbocycles. The molecule has 2 aromatic rings. The summed E-state index contributed by atoms with van der Waals surface area (Å²) in [6.45, 7) is 4.90. The van der Waals surface area contributed by atoms with E-state index in [1.165, 1.54) is 12.0 Å². The largest absolute Gasteiger partial charge is 0.497 e.